The standard InChI is InChI=1S/C17H26BrNO2/c1-19-16(12-8-6-4-5-7-9-12)13-10-11-14(20-2)15(18)17(13)21-3/h10-12,16,19H,4-9H2,1-3H3. The molecule has 21 heavy (non-hydrogen) atoms. The SMILES string of the molecule is CNC(c1ccc(OC)c(Br)c1OC)C1CCCCCC1. The lowest BCUT2D eigenvalue weighted by atomic mass is 9.87. The van der Waals surface area contributed by atoms with E-state index in [2.05, 4.69) is 27.3 Å². The molecule has 1 saturated carbocycles. The van der Waals surface area contributed by atoms with Crippen molar-refractivity contribution in [1.82, 2.24) is 5.32 Å². The molecule has 1 aliphatic carbocycles. The minimum absolute atomic E-state index is 0.334. The third-order valence-corrected chi connectivity index (χ3v) is 5.28. The lowest BCUT2D eigenvalue weighted by molar-refractivity contribution is 0.323. The summed E-state index contributed by atoms with van der Waals surface area (Å²) in [6.07, 6.45) is 7.99. The van der Waals surface area contributed by atoms with Crippen LogP contribution in [-0.2, 0) is 0 Å². The lowest BCUT2D eigenvalue weighted by Gasteiger charge is -2.28. The number of methoxy groups -OCH3 is 2. The predicted octanol–water partition coefficient (Wildman–Crippen LogP) is 4.70. The van der Waals surface area contributed by atoms with Crippen molar-refractivity contribution in [3.8, 4) is 11.5 Å². The Morgan fingerprint density at radius 3 is 2.29 bits per heavy atom. The average Bonchev–Trinajstić information content (AvgIpc) is 2.78. The summed E-state index contributed by atoms with van der Waals surface area (Å²) >= 11 is 3.61. The second-order valence-electron chi connectivity index (χ2n) is 5.72. The lowest BCUT2D eigenvalue weighted by Crippen LogP contribution is -2.25. The van der Waals surface area contributed by atoms with Gasteiger partial charge in [0.1, 0.15) is 16.0 Å². The number of benzene rings is 1. The van der Waals surface area contributed by atoms with Crippen molar-refractivity contribution in [3.05, 3.63) is 22.2 Å². The summed E-state index contributed by atoms with van der Waals surface area (Å²) in [4.78, 5) is 0. The summed E-state index contributed by atoms with van der Waals surface area (Å²) < 4.78 is 11.9. The molecular weight excluding hydrogens is 330 g/mol. The summed E-state index contributed by atoms with van der Waals surface area (Å²) in [6.45, 7) is 0. The highest BCUT2D eigenvalue weighted by atomic mass is 79.9. The Kier molecular flexibility index (Phi) is 6.37. The molecule has 118 valence electrons. The highest BCUT2D eigenvalue weighted by Gasteiger charge is 2.27. The van der Waals surface area contributed by atoms with Crippen molar-refractivity contribution >= 4 is 15.9 Å². The van der Waals surface area contributed by atoms with Gasteiger partial charge in [-0.05, 0) is 53.9 Å². The fourth-order valence-electron chi connectivity index (χ4n) is 3.45. The van der Waals surface area contributed by atoms with Gasteiger partial charge < -0.3 is 14.8 Å². The minimum atomic E-state index is 0.334. The largest absolute Gasteiger partial charge is 0.495 e. The van der Waals surface area contributed by atoms with Crippen LogP contribution in [0.5, 0.6) is 11.5 Å². The molecule has 0 amide bonds. The van der Waals surface area contributed by atoms with E-state index in [0.29, 0.717) is 12.0 Å². The van der Waals surface area contributed by atoms with Crippen molar-refractivity contribution in [2.45, 2.75) is 44.6 Å². The molecule has 1 aliphatic rings. The van der Waals surface area contributed by atoms with Crippen LogP contribution in [0.2, 0.25) is 0 Å². The number of hydrogen-bond acceptors (Lipinski definition) is 3. The van der Waals surface area contributed by atoms with Gasteiger partial charge in [0, 0.05) is 11.6 Å². The van der Waals surface area contributed by atoms with Crippen molar-refractivity contribution in [3.63, 3.8) is 0 Å². The van der Waals surface area contributed by atoms with E-state index >= 15 is 0 Å². The van der Waals surface area contributed by atoms with Crippen LogP contribution >= 0.6 is 15.9 Å². The maximum Gasteiger partial charge on any atom is 0.141 e. The van der Waals surface area contributed by atoms with Gasteiger partial charge in [-0.15, -0.1) is 0 Å². The zero-order valence-corrected chi connectivity index (χ0v) is 14.8. The first-order valence-corrected chi connectivity index (χ1v) is 8.59. The van der Waals surface area contributed by atoms with Gasteiger partial charge in [-0.1, -0.05) is 25.7 Å². The third kappa shape index (κ3) is 3.72. The fourth-order valence-corrected chi connectivity index (χ4v) is 4.14. The van der Waals surface area contributed by atoms with Gasteiger partial charge in [-0.3, -0.25) is 0 Å². The predicted molar refractivity (Wildman–Crippen MR) is 90.2 cm³/mol. The van der Waals surface area contributed by atoms with Crippen LogP contribution in [0.25, 0.3) is 0 Å². The zero-order chi connectivity index (χ0) is 15.2. The van der Waals surface area contributed by atoms with Gasteiger partial charge in [-0.25, -0.2) is 0 Å². The van der Waals surface area contributed by atoms with Gasteiger partial charge in [0.15, 0.2) is 0 Å². The molecule has 2 rings (SSSR count). The monoisotopic (exact) mass is 355 g/mol. The van der Waals surface area contributed by atoms with Crippen LogP contribution < -0.4 is 14.8 Å². The fraction of sp³-hybridized carbons (Fsp3) is 0.647. The summed E-state index contributed by atoms with van der Waals surface area (Å²) in [5, 5.41) is 3.51. The van der Waals surface area contributed by atoms with Crippen LogP contribution in [0, 0.1) is 5.92 Å². The maximum atomic E-state index is 5.66. The molecule has 1 atom stereocenters. The number of ether oxygens (including phenoxy) is 2. The van der Waals surface area contributed by atoms with Gasteiger partial charge in [0.05, 0.1) is 14.2 Å². The molecule has 0 heterocycles. The number of nitrogens with one attached hydrogen (secondary N) is 1. The molecule has 0 aromatic heterocycles. The molecule has 0 spiro atoms. The van der Waals surface area contributed by atoms with E-state index in [-0.39, 0.29) is 0 Å². The van der Waals surface area contributed by atoms with E-state index in [1.165, 1.54) is 44.1 Å². The van der Waals surface area contributed by atoms with E-state index in [1.54, 1.807) is 14.2 Å². The van der Waals surface area contributed by atoms with Gasteiger partial charge in [-0.2, -0.15) is 0 Å². The zero-order valence-electron chi connectivity index (χ0n) is 13.2. The summed E-state index contributed by atoms with van der Waals surface area (Å²) in [5.41, 5.74) is 1.22. The normalized spacial score (nSPS) is 18.1. The Morgan fingerprint density at radius 2 is 1.76 bits per heavy atom. The molecule has 1 N–H and O–H groups in total. The Bertz CT molecular complexity index is 456. The van der Waals surface area contributed by atoms with Crippen LogP contribution in [0.3, 0.4) is 0 Å². The molecule has 1 aromatic rings. The minimum Gasteiger partial charge on any atom is -0.495 e. The van der Waals surface area contributed by atoms with Crippen molar-refractivity contribution in [2.75, 3.05) is 21.3 Å². The average molecular weight is 356 g/mol. The molecular formula is C17H26BrNO2. The molecule has 4 heteroatoms. The number of hydrogen-bond donors (Lipinski definition) is 1. The maximum absolute atomic E-state index is 5.66. The van der Waals surface area contributed by atoms with Gasteiger partial charge in [0.25, 0.3) is 0 Å². The summed E-state index contributed by atoms with van der Waals surface area (Å²) in [6, 6.07) is 4.48. The van der Waals surface area contributed by atoms with Crippen LogP contribution in [0.1, 0.15) is 50.1 Å². The quantitative estimate of drug-likeness (QED) is 0.776. The smallest absolute Gasteiger partial charge is 0.141 e. The first-order valence-electron chi connectivity index (χ1n) is 7.80. The Morgan fingerprint density at radius 1 is 1.10 bits per heavy atom. The highest BCUT2D eigenvalue weighted by molar-refractivity contribution is 9.10. The van der Waals surface area contributed by atoms with Gasteiger partial charge >= 0.3 is 0 Å². The van der Waals surface area contributed by atoms with Crippen molar-refractivity contribution in [1.29, 1.82) is 0 Å². The number of rotatable bonds is 5. The van der Waals surface area contributed by atoms with Crippen LogP contribution in [-0.4, -0.2) is 21.3 Å². The molecule has 0 bridgehead atoms. The molecule has 3 nitrogen and oxygen atoms in total. The topological polar surface area (TPSA) is 30.5 Å². The first-order chi connectivity index (χ1) is 10.2. The molecule has 0 radical (unpaired) electrons. The van der Waals surface area contributed by atoms with E-state index in [4.69, 9.17) is 9.47 Å². The van der Waals surface area contributed by atoms with Crippen LogP contribution in [0.4, 0.5) is 0 Å². The third-order valence-electron chi connectivity index (χ3n) is 4.53. The molecule has 1 aromatic carbocycles. The summed E-state index contributed by atoms with van der Waals surface area (Å²) in [7, 11) is 5.45. The van der Waals surface area contributed by atoms with E-state index in [1.807, 2.05) is 13.1 Å². The Hall–Kier alpha value is -0.740. The van der Waals surface area contributed by atoms with E-state index in [0.717, 1.165) is 16.0 Å². The van der Waals surface area contributed by atoms with Crippen LogP contribution in [0.15, 0.2) is 16.6 Å². The van der Waals surface area contributed by atoms with Gasteiger partial charge in [0.2, 0.25) is 0 Å². The molecule has 0 aliphatic heterocycles. The van der Waals surface area contributed by atoms with E-state index in [9.17, 15) is 0 Å². The second-order valence-corrected chi connectivity index (χ2v) is 6.52. The molecule has 1 fully saturated rings. The Labute approximate surface area is 136 Å². The number of halogens is 1. The Balaban J connectivity index is 2.34. The summed E-state index contributed by atoms with van der Waals surface area (Å²) in [5.74, 6) is 2.37. The molecule has 1 unspecified atom stereocenters. The van der Waals surface area contributed by atoms with Crippen molar-refractivity contribution < 1.29 is 9.47 Å². The molecule has 0 saturated heterocycles. The highest BCUT2D eigenvalue weighted by Crippen LogP contribution is 2.43. The first kappa shape index (κ1) is 16.6. The van der Waals surface area contributed by atoms with Crippen molar-refractivity contribution in [2.24, 2.45) is 5.92 Å². The van der Waals surface area contributed by atoms with E-state index < -0.39 is 0 Å². The second kappa shape index (κ2) is 8.04.